The Morgan fingerprint density at radius 3 is 2.50 bits per heavy atom. The Hall–Kier alpha value is -1.90. The second-order valence-corrected chi connectivity index (χ2v) is 7.97. The molecule has 3 N–H and O–H groups in total. The lowest BCUT2D eigenvalue weighted by Crippen LogP contribution is -2.32. The number of rotatable bonds is 9. The quantitative estimate of drug-likeness (QED) is 0.590. The molecular formula is C16H21N3O3S2. The highest BCUT2D eigenvalue weighted by Crippen LogP contribution is 2.20. The molecule has 1 aromatic heterocycles. The second-order valence-electron chi connectivity index (χ2n) is 5.11. The third-order valence-corrected chi connectivity index (χ3v) is 5.98. The first-order chi connectivity index (χ1) is 11.5. The highest BCUT2D eigenvalue weighted by atomic mass is 32.2. The molecule has 0 saturated heterocycles. The molecule has 0 aliphatic heterocycles. The van der Waals surface area contributed by atoms with E-state index >= 15 is 0 Å². The van der Waals surface area contributed by atoms with Crippen molar-refractivity contribution < 1.29 is 13.2 Å². The summed E-state index contributed by atoms with van der Waals surface area (Å²) >= 11 is 1.16. The van der Waals surface area contributed by atoms with Crippen LogP contribution < -0.4 is 15.4 Å². The Kier molecular flexibility index (Phi) is 6.77. The highest BCUT2D eigenvalue weighted by molar-refractivity contribution is 7.94. The molecule has 0 spiro atoms. The first-order valence-corrected chi connectivity index (χ1v) is 10.00. The summed E-state index contributed by atoms with van der Waals surface area (Å²) in [6.45, 7) is 4.21. The van der Waals surface area contributed by atoms with Crippen molar-refractivity contribution in [2.45, 2.75) is 17.6 Å². The molecule has 8 heteroatoms. The van der Waals surface area contributed by atoms with E-state index in [-0.39, 0.29) is 16.5 Å². The maximum Gasteiger partial charge on any atom is 0.271 e. The van der Waals surface area contributed by atoms with E-state index in [0.717, 1.165) is 30.0 Å². The monoisotopic (exact) mass is 367 g/mol. The molecule has 1 amide bonds. The van der Waals surface area contributed by atoms with E-state index < -0.39 is 10.0 Å². The number of hydrogen-bond donors (Lipinski definition) is 3. The topological polar surface area (TPSA) is 87.3 Å². The molecule has 2 aromatic rings. The Labute approximate surface area is 146 Å². The van der Waals surface area contributed by atoms with Crippen molar-refractivity contribution in [3.8, 4) is 0 Å². The number of amides is 1. The number of hydrogen-bond acceptors (Lipinski definition) is 5. The molecule has 0 unspecified atom stereocenters. The van der Waals surface area contributed by atoms with Gasteiger partial charge in [0, 0.05) is 18.8 Å². The Balaban J connectivity index is 1.88. The summed E-state index contributed by atoms with van der Waals surface area (Å²) in [5.41, 5.74) is 1.30. The number of carbonyl (C=O) groups is 1. The van der Waals surface area contributed by atoms with Gasteiger partial charge in [0.1, 0.15) is 4.21 Å². The highest BCUT2D eigenvalue weighted by Gasteiger charge is 2.15. The zero-order valence-corrected chi connectivity index (χ0v) is 15.0. The van der Waals surface area contributed by atoms with E-state index in [1.54, 1.807) is 41.8 Å². The van der Waals surface area contributed by atoms with Crippen molar-refractivity contribution in [2.24, 2.45) is 0 Å². The Morgan fingerprint density at radius 2 is 1.88 bits per heavy atom. The Bertz CT molecular complexity index is 741. The van der Waals surface area contributed by atoms with Gasteiger partial charge in [-0.05, 0) is 35.7 Å². The van der Waals surface area contributed by atoms with Crippen LogP contribution in [0, 0.1) is 0 Å². The maximum absolute atomic E-state index is 12.1. The number of benzene rings is 1. The van der Waals surface area contributed by atoms with Gasteiger partial charge >= 0.3 is 0 Å². The van der Waals surface area contributed by atoms with Gasteiger partial charge in [0.2, 0.25) is 5.91 Å². The second kappa shape index (κ2) is 8.81. The molecule has 1 heterocycles. The normalized spacial score (nSPS) is 11.2. The third-order valence-electron chi connectivity index (χ3n) is 3.20. The van der Waals surface area contributed by atoms with Gasteiger partial charge in [0.15, 0.2) is 0 Å². The molecule has 0 saturated carbocycles. The van der Waals surface area contributed by atoms with E-state index in [4.69, 9.17) is 0 Å². The van der Waals surface area contributed by atoms with Gasteiger partial charge < -0.3 is 10.6 Å². The van der Waals surface area contributed by atoms with Gasteiger partial charge in [-0.1, -0.05) is 25.1 Å². The maximum atomic E-state index is 12.1. The van der Waals surface area contributed by atoms with Crippen molar-refractivity contribution in [2.75, 3.05) is 24.4 Å². The van der Waals surface area contributed by atoms with Crippen LogP contribution in [0.15, 0.2) is 46.0 Å². The molecule has 0 aliphatic rings. The molecule has 0 atom stereocenters. The van der Waals surface area contributed by atoms with Crippen LogP contribution in [-0.2, 0) is 21.2 Å². The van der Waals surface area contributed by atoms with Crippen molar-refractivity contribution >= 4 is 33.0 Å². The first kappa shape index (κ1) is 18.4. The minimum absolute atomic E-state index is 0.0557. The molecule has 24 heavy (non-hydrogen) atoms. The van der Waals surface area contributed by atoms with Gasteiger partial charge in [-0.15, -0.1) is 11.3 Å². The third kappa shape index (κ3) is 5.63. The molecule has 1 aromatic carbocycles. The van der Waals surface area contributed by atoms with Gasteiger partial charge in [-0.3, -0.25) is 9.52 Å². The largest absolute Gasteiger partial charge is 0.355 e. The molecule has 130 valence electrons. The Morgan fingerprint density at radius 1 is 1.12 bits per heavy atom. The lowest BCUT2D eigenvalue weighted by molar-refractivity contribution is -0.120. The molecule has 0 bridgehead atoms. The summed E-state index contributed by atoms with van der Waals surface area (Å²) < 4.78 is 27.0. The average molecular weight is 367 g/mol. The van der Waals surface area contributed by atoms with Crippen molar-refractivity contribution in [3.05, 3.63) is 47.3 Å². The number of carbonyl (C=O) groups excluding carboxylic acids is 1. The van der Waals surface area contributed by atoms with Gasteiger partial charge in [0.05, 0.1) is 6.42 Å². The predicted octanol–water partition coefficient (Wildman–Crippen LogP) is 1.82. The first-order valence-electron chi connectivity index (χ1n) is 7.64. The van der Waals surface area contributed by atoms with Gasteiger partial charge in [-0.2, -0.15) is 0 Å². The zero-order chi connectivity index (χ0) is 17.4. The van der Waals surface area contributed by atoms with E-state index in [9.17, 15) is 13.2 Å². The lowest BCUT2D eigenvalue weighted by Gasteiger charge is -2.08. The van der Waals surface area contributed by atoms with E-state index in [1.807, 2.05) is 6.92 Å². The van der Waals surface area contributed by atoms with Gasteiger partial charge in [-0.25, -0.2) is 8.42 Å². The minimum Gasteiger partial charge on any atom is -0.355 e. The van der Waals surface area contributed by atoms with Crippen LogP contribution in [0.4, 0.5) is 5.69 Å². The summed E-state index contributed by atoms with van der Waals surface area (Å²) in [6.07, 6.45) is 0.268. The summed E-state index contributed by atoms with van der Waals surface area (Å²) in [5.74, 6) is -0.0557. The molecule has 0 aliphatic carbocycles. The number of nitrogens with one attached hydrogen (secondary N) is 3. The fraction of sp³-hybridized carbons (Fsp3) is 0.312. The van der Waals surface area contributed by atoms with Crippen LogP contribution in [0.2, 0.25) is 0 Å². The summed E-state index contributed by atoms with van der Waals surface area (Å²) in [5, 5.41) is 7.67. The number of likely N-dealkylation sites (N-methyl/N-ethyl adjacent to an activating group) is 1. The standard InChI is InChI=1S/C16H21N3O3S2/c1-2-17-9-10-18-15(20)12-13-5-7-14(8-6-13)19-24(21,22)16-4-3-11-23-16/h3-8,11,17,19H,2,9-10,12H2,1H3,(H,18,20). The zero-order valence-electron chi connectivity index (χ0n) is 13.4. The van der Waals surface area contributed by atoms with E-state index in [2.05, 4.69) is 15.4 Å². The smallest absolute Gasteiger partial charge is 0.271 e. The van der Waals surface area contributed by atoms with E-state index in [1.165, 1.54) is 0 Å². The minimum atomic E-state index is -3.54. The van der Waals surface area contributed by atoms with Crippen LogP contribution in [0.3, 0.4) is 0 Å². The fourth-order valence-corrected chi connectivity index (χ4v) is 4.08. The van der Waals surface area contributed by atoms with Crippen LogP contribution in [0.1, 0.15) is 12.5 Å². The lowest BCUT2D eigenvalue weighted by atomic mass is 10.1. The molecule has 2 rings (SSSR count). The van der Waals surface area contributed by atoms with Crippen LogP contribution >= 0.6 is 11.3 Å². The molecule has 0 fully saturated rings. The fourth-order valence-electron chi connectivity index (χ4n) is 2.03. The predicted molar refractivity (Wildman–Crippen MR) is 96.8 cm³/mol. The summed E-state index contributed by atoms with van der Waals surface area (Å²) in [7, 11) is -3.54. The van der Waals surface area contributed by atoms with Crippen molar-refractivity contribution in [1.29, 1.82) is 0 Å². The number of sulfonamides is 1. The molecular weight excluding hydrogens is 346 g/mol. The van der Waals surface area contributed by atoms with Crippen LogP contribution in [0.5, 0.6) is 0 Å². The number of anilines is 1. The summed E-state index contributed by atoms with van der Waals surface area (Å²) in [6, 6.07) is 10.1. The van der Waals surface area contributed by atoms with Crippen LogP contribution in [-0.4, -0.2) is 34.0 Å². The average Bonchev–Trinajstić information content (AvgIpc) is 3.09. The van der Waals surface area contributed by atoms with Crippen molar-refractivity contribution in [3.63, 3.8) is 0 Å². The SMILES string of the molecule is CCNCCNC(=O)Cc1ccc(NS(=O)(=O)c2cccs2)cc1. The van der Waals surface area contributed by atoms with Gasteiger partial charge in [0.25, 0.3) is 10.0 Å². The van der Waals surface area contributed by atoms with Crippen LogP contribution in [0.25, 0.3) is 0 Å². The van der Waals surface area contributed by atoms with Crippen molar-refractivity contribution in [1.82, 2.24) is 10.6 Å². The molecule has 6 nitrogen and oxygen atoms in total. The van der Waals surface area contributed by atoms with E-state index in [0.29, 0.717) is 12.2 Å². The number of thiophene rings is 1. The molecule has 0 radical (unpaired) electrons. The summed E-state index contributed by atoms with van der Waals surface area (Å²) in [4.78, 5) is 11.8.